The third-order valence-corrected chi connectivity index (χ3v) is 5.38. The minimum Gasteiger partial charge on any atom is -0.326 e. The molecule has 0 bridgehead atoms. The highest BCUT2D eigenvalue weighted by Gasteiger charge is 2.25. The molecule has 1 aromatic heterocycles. The molecule has 0 spiro atoms. The van der Waals surface area contributed by atoms with Crippen molar-refractivity contribution in [2.45, 2.75) is 25.3 Å². The second-order valence-electron chi connectivity index (χ2n) is 3.80. The van der Waals surface area contributed by atoms with Gasteiger partial charge in [0.25, 0.3) is 0 Å². The van der Waals surface area contributed by atoms with E-state index >= 15 is 0 Å². The van der Waals surface area contributed by atoms with Crippen molar-refractivity contribution in [3.8, 4) is 0 Å². The Labute approximate surface area is 107 Å². The van der Waals surface area contributed by atoms with E-state index in [0.717, 1.165) is 5.57 Å². The molecule has 0 saturated heterocycles. The van der Waals surface area contributed by atoms with Crippen molar-refractivity contribution in [2.75, 3.05) is 13.1 Å². The van der Waals surface area contributed by atoms with Crippen LogP contribution in [0.15, 0.2) is 28.5 Å². The quantitative estimate of drug-likeness (QED) is 0.804. The van der Waals surface area contributed by atoms with Gasteiger partial charge in [0.1, 0.15) is 0 Å². The zero-order chi connectivity index (χ0) is 13.1. The van der Waals surface area contributed by atoms with Crippen LogP contribution in [0.3, 0.4) is 0 Å². The number of hydrogen-bond donors (Lipinski definition) is 1. The van der Waals surface area contributed by atoms with Gasteiger partial charge >= 0.3 is 0 Å². The summed E-state index contributed by atoms with van der Waals surface area (Å²) in [6.07, 6.45) is 0. The molecule has 0 atom stereocenters. The average molecular weight is 274 g/mol. The molecule has 17 heavy (non-hydrogen) atoms. The third kappa shape index (κ3) is 3.16. The number of thiophene rings is 1. The zero-order valence-electron chi connectivity index (χ0n) is 10.1. The van der Waals surface area contributed by atoms with Gasteiger partial charge in [0.05, 0.1) is 4.90 Å². The fraction of sp³-hybridized carbons (Fsp3) is 0.455. The van der Waals surface area contributed by atoms with Gasteiger partial charge in [-0.15, -0.1) is 11.3 Å². The summed E-state index contributed by atoms with van der Waals surface area (Å²) in [5, 5.41) is 1.75. The molecule has 6 heteroatoms. The molecule has 0 radical (unpaired) electrons. The van der Waals surface area contributed by atoms with Crippen LogP contribution in [0.2, 0.25) is 0 Å². The average Bonchev–Trinajstić information content (AvgIpc) is 2.73. The summed E-state index contributed by atoms with van der Waals surface area (Å²) in [6, 6.07) is 1.61. The Bertz CT molecular complexity index is 491. The fourth-order valence-corrected chi connectivity index (χ4v) is 4.33. The molecular weight excluding hydrogens is 256 g/mol. The predicted molar refractivity (Wildman–Crippen MR) is 71.5 cm³/mol. The maximum Gasteiger partial charge on any atom is 0.244 e. The highest BCUT2D eigenvalue weighted by atomic mass is 32.2. The summed E-state index contributed by atoms with van der Waals surface area (Å²) in [6.45, 7) is 8.40. The monoisotopic (exact) mass is 274 g/mol. The van der Waals surface area contributed by atoms with E-state index in [-0.39, 0.29) is 6.54 Å². The summed E-state index contributed by atoms with van der Waals surface area (Å²) in [7, 11) is -3.44. The fourth-order valence-electron chi connectivity index (χ4n) is 1.51. The topological polar surface area (TPSA) is 63.4 Å². The minimum atomic E-state index is -3.44. The summed E-state index contributed by atoms with van der Waals surface area (Å²) < 4.78 is 26.2. The lowest BCUT2D eigenvalue weighted by atomic mass is 10.3. The van der Waals surface area contributed by atoms with E-state index in [1.807, 2.05) is 13.8 Å². The first-order chi connectivity index (χ1) is 7.93. The van der Waals surface area contributed by atoms with E-state index in [9.17, 15) is 8.42 Å². The number of hydrogen-bond acceptors (Lipinski definition) is 4. The lowest BCUT2D eigenvalue weighted by Crippen LogP contribution is -2.32. The summed E-state index contributed by atoms with van der Waals surface area (Å²) in [4.78, 5) is 1.03. The highest BCUT2D eigenvalue weighted by molar-refractivity contribution is 7.89. The molecule has 1 aromatic rings. The molecule has 2 N–H and O–H groups in total. The Morgan fingerprint density at radius 1 is 1.59 bits per heavy atom. The highest BCUT2D eigenvalue weighted by Crippen LogP contribution is 2.25. The van der Waals surface area contributed by atoms with E-state index < -0.39 is 10.0 Å². The largest absolute Gasteiger partial charge is 0.326 e. The lowest BCUT2D eigenvalue weighted by molar-refractivity contribution is 0.452. The SMILES string of the molecule is C=C(C)CN(CC)S(=O)(=O)c1ccsc1CN. The van der Waals surface area contributed by atoms with Gasteiger partial charge in [-0.05, 0) is 18.4 Å². The summed E-state index contributed by atoms with van der Waals surface area (Å²) in [5.41, 5.74) is 6.36. The molecule has 1 heterocycles. The van der Waals surface area contributed by atoms with Crippen LogP contribution in [0.4, 0.5) is 0 Å². The van der Waals surface area contributed by atoms with Crippen molar-refractivity contribution in [1.29, 1.82) is 0 Å². The summed E-state index contributed by atoms with van der Waals surface area (Å²) in [5.74, 6) is 0. The number of nitrogens with zero attached hydrogens (tertiary/aromatic N) is 1. The van der Waals surface area contributed by atoms with E-state index in [1.165, 1.54) is 15.6 Å². The number of nitrogens with two attached hydrogens (primary N) is 1. The third-order valence-electron chi connectivity index (χ3n) is 2.31. The van der Waals surface area contributed by atoms with Crippen LogP contribution in [-0.4, -0.2) is 25.8 Å². The maximum atomic E-state index is 12.4. The smallest absolute Gasteiger partial charge is 0.244 e. The Kier molecular flexibility index (Phi) is 4.88. The zero-order valence-corrected chi connectivity index (χ0v) is 11.8. The Balaban J connectivity index is 3.13. The van der Waals surface area contributed by atoms with Gasteiger partial charge in [-0.1, -0.05) is 19.1 Å². The first-order valence-electron chi connectivity index (χ1n) is 5.34. The molecule has 0 aliphatic heterocycles. The van der Waals surface area contributed by atoms with Crippen molar-refractivity contribution in [2.24, 2.45) is 5.73 Å². The number of likely N-dealkylation sites (N-methyl/N-ethyl adjacent to an activating group) is 1. The van der Waals surface area contributed by atoms with Crippen molar-refractivity contribution in [3.05, 3.63) is 28.5 Å². The standard InChI is InChI=1S/C11H18N2O2S2/c1-4-13(8-9(2)3)17(14,15)11-5-6-16-10(11)7-12/h5-6H,2,4,7-8,12H2,1,3H3. The molecule has 1 rings (SSSR count). The van der Waals surface area contributed by atoms with Gasteiger partial charge in [0.2, 0.25) is 10.0 Å². The van der Waals surface area contributed by atoms with Crippen molar-refractivity contribution in [1.82, 2.24) is 4.31 Å². The Morgan fingerprint density at radius 3 is 2.71 bits per heavy atom. The molecule has 0 aliphatic carbocycles. The number of rotatable bonds is 6. The first kappa shape index (κ1) is 14.4. The Hall–Kier alpha value is -0.690. The predicted octanol–water partition coefficient (Wildman–Crippen LogP) is 1.79. The van der Waals surface area contributed by atoms with Crippen molar-refractivity contribution >= 4 is 21.4 Å². The maximum absolute atomic E-state index is 12.4. The first-order valence-corrected chi connectivity index (χ1v) is 7.66. The van der Waals surface area contributed by atoms with Gasteiger partial charge in [0.15, 0.2) is 0 Å². The molecule has 0 aromatic carbocycles. The normalized spacial score (nSPS) is 12.0. The molecule has 4 nitrogen and oxygen atoms in total. The van der Waals surface area contributed by atoms with Crippen LogP contribution < -0.4 is 5.73 Å². The van der Waals surface area contributed by atoms with E-state index in [4.69, 9.17) is 5.73 Å². The van der Waals surface area contributed by atoms with Crippen LogP contribution in [0.1, 0.15) is 18.7 Å². The molecule has 0 aliphatic rings. The molecule has 96 valence electrons. The van der Waals surface area contributed by atoms with Crippen LogP contribution in [-0.2, 0) is 16.6 Å². The van der Waals surface area contributed by atoms with Crippen LogP contribution in [0.25, 0.3) is 0 Å². The van der Waals surface area contributed by atoms with Gasteiger partial charge in [-0.3, -0.25) is 0 Å². The van der Waals surface area contributed by atoms with Crippen LogP contribution >= 0.6 is 11.3 Å². The molecular formula is C11H18N2O2S2. The van der Waals surface area contributed by atoms with Crippen molar-refractivity contribution < 1.29 is 8.42 Å². The van der Waals surface area contributed by atoms with Gasteiger partial charge in [-0.25, -0.2) is 8.42 Å². The number of sulfonamides is 1. The molecule has 0 amide bonds. The second-order valence-corrected chi connectivity index (χ2v) is 6.71. The van der Waals surface area contributed by atoms with E-state index in [0.29, 0.717) is 22.9 Å². The van der Waals surface area contributed by atoms with Gasteiger partial charge < -0.3 is 5.73 Å². The Morgan fingerprint density at radius 2 is 2.24 bits per heavy atom. The van der Waals surface area contributed by atoms with Crippen molar-refractivity contribution in [3.63, 3.8) is 0 Å². The van der Waals surface area contributed by atoms with E-state index in [2.05, 4.69) is 6.58 Å². The lowest BCUT2D eigenvalue weighted by Gasteiger charge is -2.20. The minimum absolute atomic E-state index is 0.247. The second kappa shape index (κ2) is 5.77. The molecule has 0 fully saturated rings. The summed E-state index contributed by atoms with van der Waals surface area (Å²) >= 11 is 1.37. The van der Waals surface area contributed by atoms with Gasteiger partial charge in [0, 0.05) is 24.5 Å². The molecule has 0 unspecified atom stereocenters. The van der Waals surface area contributed by atoms with E-state index in [1.54, 1.807) is 11.4 Å². The van der Waals surface area contributed by atoms with Crippen LogP contribution in [0.5, 0.6) is 0 Å². The molecule has 0 saturated carbocycles. The van der Waals surface area contributed by atoms with Gasteiger partial charge in [-0.2, -0.15) is 4.31 Å². The van der Waals surface area contributed by atoms with Crippen LogP contribution in [0, 0.1) is 0 Å².